The minimum atomic E-state index is -0.520. The van der Waals surface area contributed by atoms with Crippen molar-refractivity contribution >= 4 is 23.4 Å². The second kappa shape index (κ2) is 7.26. The van der Waals surface area contributed by atoms with Crippen molar-refractivity contribution in [2.24, 2.45) is 0 Å². The topological polar surface area (TPSA) is 85.8 Å². The third-order valence-electron chi connectivity index (χ3n) is 3.15. The van der Waals surface area contributed by atoms with Crippen LogP contribution in [0, 0.1) is 12.7 Å². The molecule has 0 bridgehead atoms. The lowest BCUT2D eigenvalue weighted by Crippen LogP contribution is -2.15. The number of rotatable bonds is 6. The highest BCUT2D eigenvalue weighted by Gasteiger charge is 2.11. The molecule has 3 rings (SSSR count). The van der Waals surface area contributed by atoms with Gasteiger partial charge in [0.25, 0.3) is 0 Å². The van der Waals surface area contributed by atoms with Crippen molar-refractivity contribution in [3.8, 4) is 5.69 Å². The number of aryl methyl sites for hydroxylation is 1. The first-order valence-electron chi connectivity index (χ1n) is 7.08. The zero-order valence-electron chi connectivity index (χ0n) is 12.8. The molecule has 0 spiro atoms. The molecule has 2 heterocycles. The van der Waals surface area contributed by atoms with E-state index in [0.29, 0.717) is 17.3 Å². The number of thioether (sulfide) groups is 1. The van der Waals surface area contributed by atoms with Crippen molar-refractivity contribution in [2.45, 2.75) is 12.7 Å². The number of hydrogen-bond acceptors (Lipinski definition) is 6. The molecular weight excluding hydrogens is 333 g/mol. The fourth-order valence-corrected chi connectivity index (χ4v) is 2.76. The highest BCUT2D eigenvalue weighted by molar-refractivity contribution is 7.99. The second-order valence-corrected chi connectivity index (χ2v) is 5.91. The van der Waals surface area contributed by atoms with Gasteiger partial charge in [0.2, 0.25) is 5.91 Å². The molecule has 0 unspecified atom stereocenters. The molecule has 0 radical (unpaired) electrons. The van der Waals surface area contributed by atoms with Gasteiger partial charge in [0, 0.05) is 0 Å². The number of tetrazole rings is 1. The van der Waals surface area contributed by atoms with Gasteiger partial charge in [0.1, 0.15) is 11.6 Å². The van der Waals surface area contributed by atoms with Gasteiger partial charge in [-0.05, 0) is 47.7 Å². The minimum absolute atomic E-state index is 0.0889. The number of aromatic nitrogens is 4. The van der Waals surface area contributed by atoms with Gasteiger partial charge in [-0.25, -0.2) is 4.39 Å². The van der Waals surface area contributed by atoms with E-state index in [0.717, 1.165) is 5.76 Å². The molecule has 1 N–H and O–H groups in total. The second-order valence-electron chi connectivity index (χ2n) is 4.92. The first-order chi connectivity index (χ1) is 11.6. The van der Waals surface area contributed by atoms with Crippen molar-refractivity contribution in [1.29, 1.82) is 0 Å². The Bertz CT molecular complexity index is 834. The van der Waals surface area contributed by atoms with E-state index in [1.54, 1.807) is 25.3 Å². The lowest BCUT2D eigenvalue weighted by Gasteiger charge is -2.09. The number of carbonyl (C=O) groups is 1. The minimum Gasteiger partial charge on any atom is -0.468 e. The van der Waals surface area contributed by atoms with Crippen molar-refractivity contribution in [3.05, 3.63) is 54.0 Å². The van der Waals surface area contributed by atoms with Crippen LogP contribution in [0.3, 0.4) is 0 Å². The molecule has 3 aromatic rings. The van der Waals surface area contributed by atoms with E-state index in [4.69, 9.17) is 4.42 Å². The number of furan rings is 1. The average Bonchev–Trinajstić information content (AvgIpc) is 3.21. The van der Waals surface area contributed by atoms with Crippen LogP contribution >= 0.6 is 11.8 Å². The monoisotopic (exact) mass is 347 g/mol. The van der Waals surface area contributed by atoms with Gasteiger partial charge in [-0.15, -0.1) is 16.9 Å². The van der Waals surface area contributed by atoms with Crippen LogP contribution in [0.2, 0.25) is 0 Å². The predicted molar refractivity (Wildman–Crippen MR) is 87.3 cm³/mol. The summed E-state index contributed by atoms with van der Waals surface area (Å²) in [5.74, 6) is 1.30. The molecule has 0 aliphatic carbocycles. The van der Waals surface area contributed by atoms with Crippen LogP contribution < -0.4 is 5.32 Å². The third kappa shape index (κ3) is 3.80. The number of nitrogens with one attached hydrogen (secondary N) is 1. The van der Waals surface area contributed by atoms with Gasteiger partial charge in [-0.1, -0.05) is 0 Å². The zero-order valence-corrected chi connectivity index (χ0v) is 13.6. The largest absolute Gasteiger partial charge is 0.468 e. The molecule has 9 heteroatoms. The van der Waals surface area contributed by atoms with Crippen molar-refractivity contribution < 1.29 is 13.6 Å². The zero-order chi connectivity index (χ0) is 16.9. The first kappa shape index (κ1) is 16.2. The fraction of sp³-hybridized carbons (Fsp3) is 0.200. The molecule has 7 nitrogen and oxygen atoms in total. The lowest BCUT2D eigenvalue weighted by atomic mass is 10.2. The molecule has 1 amide bonds. The number of hydrogen-bond donors (Lipinski definition) is 1. The molecule has 0 saturated heterocycles. The summed E-state index contributed by atoms with van der Waals surface area (Å²) < 4.78 is 20.6. The molecule has 0 fully saturated rings. The van der Waals surface area contributed by atoms with Crippen LogP contribution in [-0.4, -0.2) is 31.9 Å². The molecule has 0 aliphatic rings. The molecule has 1 aromatic carbocycles. The summed E-state index contributed by atoms with van der Waals surface area (Å²) in [6, 6.07) is 7.93. The summed E-state index contributed by atoms with van der Waals surface area (Å²) in [5, 5.41) is 13.7. The summed E-state index contributed by atoms with van der Waals surface area (Å²) in [4.78, 5) is 12.0. The van der Waals surface area contributed by atoms with E-state index in [2.05, 4.69) is 20.8 Å². The Morgan fingerprint density at radius 3 is 3.00 bits per heavy atom. The highest BCUT2D eigenvalue weighted by Crippen LogP contribution is 2.20. The molecule has 24 heavy (non-hydrogen) atoms. The van der Waals surface area contributed by atoms with Crippen molar-refractivity contribution in [1.82, 2.24) is 20.2 Å². The van der Waals surface area contributed by atoms with Crippen LogP contribution in [0.5, 0.6) is 0 Å². The summed E-state index contributed by atoms with van der Waals surface area (Å²) in [7, 11) is 0. The van der Waals surface area contributed by atoms with Crippen LogP contribution in [0.1, 0.15) is 11.6 Å². The Labute approximate surface area is 141 Å². The van der Waals surface area contributed by atoms with Crippen LogP contribution in [-0.2, 0) is 10.5 Å². The Hall–Kier alpha value is -2.68. The third-order valence-corrected chi connectivity index (χ3v) is 4.11. The maximum Gasteiger partial charge on any atom is 0.234 e. The highest BCUT2D eigenvalue weighted by atomic mass is 32.2. The van der Waals surface area contributed by atoms with Crippen LogP contribution in [0.15, 0.2) is 41.0 Å². The standard InChI is InChI=1S/C15H14FN5O2S/c1-10-18-19-20-21(10)11-4-5-13(16)14(7-11)17-15(22)9-24-8-12-3-2-6-23-12/h2-7H,8-9H2,1H3,(H,17,22). The maximum absolute atomic E-state index is 13.9. The number of benzene rings is 1. The van der Waals surface area contributed by atoms with Gasteiger partial charge < -0.3 is 9.73 Å². The Morgan fingerprint density at radius 1 is 1.42 bits per heavy atom. The molecule has 0 saturated carbocycles. The number of nitrogens with zero attached hydrogens (tertiary/aromatic N) is 4. The Kier molecular flexibility index (Phi) is 4.90. The van der Waals surface area contributed by atoms with E-state index >= 15 is 0 Å². The molecule has 0 atom stereocenters. The number of carbonyl (C=O) groups excluding carboxylic acids is 1. The van der Waals surface area contributed by atoms with E-state index in [1.165, 1.54) is 28.6 Å². The van der Waals surface area contributed by atoms with Gasteiger partial charge in [0.05, 0.1) is 29.1 Å². The van der Waals surface area contributed by atoms with Crippen LogP contribution in [0.25, 0.3) is 5.69 Å². The quantitative estimate of drug-likeness (QED) is 0.738. The number of amides is 1. The number of halogens is 1. The normalized spacial score (nSPS) is 10.8. The molecular formula is C15H14FN5O2S. The summed E-state index contributed by atoms with van der Waals surface area (Å²) in [6.45, 7) is 1.73. The Balaban J connectivity index is 1.63. The maximum atomic E-state index is 13.9. The average molecular weight is 347 g/mol. The van der Waals surface area contributed by atoms with Gasteiger partial charge in [0.15, 0.2) is 5.82 Å². The first-order valence-corrected chi connectivity index (χ1v) is 8.24. The van der Waals surface area contributed by atoms with Gasteiger partial charge in [-0.3, -0.25) is 4.79 Å². The number of anilines is 1. The lowest BCUT2D eigenvalue weighted by molar-refractivity contribution is -0.113. The van der Waals surface area contributed by atoms with Crippen LogP contribution in [0.4, 0.5) is 10.1 Å². The van der Waals surface area contributed by atoms with Gasteiger partial charge in [-0.2, -0.15) is 4.68 Å². The molecule has 124 valence electrons. The SMILES string of the molecule is Cc1nnnn1-c1ccc(F)c(NC(=O)CSCc2ccco2)c1. The summed E-state index contributed by atoms with van der Waals surface area (Å²) in [5.41, 5.74) is 0.656. The van der Waals surface area contributed by atoms with E-state index in [-0.39, 0.29) is 17.3 Å². The summed E-state index contributed by atoms with van der Waals surface area (Å²) >= 11 is 1.38. The smallest absolute Gasteiger partial charge is 0.234 e. The van der Waals surface area contributed by atoms with E-state index in [1.807, 2.05) is 6.07 Å². The van der Waals surface area contributed by atoms with E-state index < -0.39 is 5.82 Å². The van der Waals surface area contributed by atoms with Gasteiger partial charge >= 0.3 is 0 Å². The molecule has 2 aromatic heterocycles. The van der Waals surface area contributed by atoms with E-state index in [9.17, 15) is 9.18 Å². The van der Waals surface area contributed by atoms with Crippen molar-refractivity contribution in [2.75, 3.05) is 11.1 Å². The Morgan fingerprint density at radius 2 is 2.29 bits per heavy atom. The summed E-state index contributed by atoms with van der Waals surface area (Å²) in [6.07, 6.45) is 1.58. The fourth-order valence-electron chi connectivity index (χ4n) is 2.04. The predicted octanol–water partition coefficient (Wildman–Crippen LogP) is 2.57. The molecule has 0 aliphatic heterocycles. The van der Waals surface area contributed by atoms with Crippen molar-refractivity contribution in [3.63, 3.8) is 0 Å².